The fourth-order valence-corrected chi connectivity index (χ4v) is 4.88. The second kappa shape index (κ2) is 11.8. The molecule has 2 heterocycles. The molecule has 1 fully saturated rings. The molecule has 3 aromatic rings. The monoisotopic (exact) mass is 507 g/mol. The molecular formula is C23H33N5O6S. The Balaban J connectivity index is 0.00000148. The van der Waals surface area contributed by atoms with E-state index < -0.39 is 10.0 Å². The molecule has 4 rings (SSSR count). The van der Waals surface area contributed by atoms with Crippen molar-refractivity contribution in [2.75, 3.05) is 38.9 Å². The van der Waals surface area contributed by atoms with Crippen LogP contribution in [-0.4, -0.2) is 67.5 Å². The Morgan fingerprint density at radius 3 is 2.26 bits per heavy atom. The lowest BCUT2D eigenvalue weighted by Crippen LogP contribution is -2.23. The molecule has 0 radical (unpaired) electrons. The number of aliphatic hydroxyl groups excluding tert-OH is 1. The number of aromatic nitrogens is 4. The summed E-state index contributed by atoms with van der Waals surface area (Å²) in [6.45, 7) is 0. The minimum Gasteiger partial charge on any atom is -0.494 e. The third-order valence-corrected chi connectivity index (χ3v) is 6.98. The van der Waals surface area contributed by atoms with E-state index in [1.54, 1.807) is 41.0 Å². The second-order valence-corrected chi connectivity index (χ2v) is 9.61. The zero-order valence-corrected chi connectivity index (χ0v) is 21.1. The summed E-state index contributed by atoms with van der Waals surface area (Å²) in [5.41, 5.74) is 0.888. The van der Waals surface area contributed by atoms with Gasteiger partial charge in [-0.25, -0.2) is 13.4 Å². The highest BCUT2D eigenvalue weighted by molar-refractivity contribution is 7.92. The van der Waals surface area contributed by atoms with Crippen LogP contribution in [0.5, 0.6) is 17.4 Å². The van der Waals surface area contributed by atoms with Crippen molar-refractivity contribution in [1.82, 2.24) is 19.7 Å². The van der Waals surface area contributed by atoms with Gasteiger partial charge in [0.25, 0.3) is 0 Å². The van der Waals surface area contributed by atoms with E-state index in [2.05, 4.69) is 19.9 Å². The molecule has 192 valence electrons. The lowest BCUT2D eigenvalue weighted by atomic mass is 9.84. The van der Waals surface area contributed by atoms with Crippen LogP contribution in [0.1, 0.15) is 27.1 Å². The molecule has 1 aromatic carbocycles. The summed E-state index contributed by atoms with van der Waals surface area (Å²) in [6, 6.07) is 10.5. The van der Waals surface area contributed by atoms with Crippen molar-refractivity contribution in [3.05, 3.63) is 36.4 Å². The van der Waals surface area contributed by atoms with Crippen molar-refractivity contribution in [3.8, 4) is 34.6 Å². The van der Waals surface area contributed by atoms with Crippen LogP contribution < -0.4 is 18.9 Å². The van der Waals surface area contributed by atoms with Gasteiger partial charge >= 0.3 is 0 Å². The van der Waals surface area contributed by atoms with Gasteiger partial charge in [-0.15, -0.1) is 10.2 Å². The van der Waals surface area contributed by atoms with Crippen molar-refractivity contribution in [2.24, 2.45) is 5.92 Å². The van der Waals surface area contributed by atoms with Crippen LogP contribution in [0, 0.1) is 5.92 Å². The van der Waals surface area contributed by atoms with Gasteiger partial charge in [-0.2, -0.15) is 0 Å². The molecule has 1 aliphatic rings. The Labute approximate surface area is 206 Å². The van der Waals surface area contributed by atoms with E-state index in [4.69, 9.17) is 19.3 Å². The van der Waals surface area contributed by atoms with E-state index in [0.717, 1.165) is 26.4 Å². The van der Waals surface area contributed by atoms with Crippen LogP contribution in [0.25, 0.3) is 17.2 Å². The summed E-state index contributed by atoms with van der Waals surface area (Å²) in [5, 5.41) is 15.4. The maximum absolute atomic E-state index is 12.9. The number of benzene rings is 1. The highest BCUT2D eigenvalue weighted by atomic mass is 32.2. The lowest BCUT2D eigenvalue weighted by molar-refractivity contribution is 0.307. The molecule has 0 atom stereocenters. The zero-order chi connectivity index (χ0) is 25.4. The molecule has 0 aliphatic heterocycles. The molecule has 11 nitrogen and oxygen atoms in total. The summed E-state index contributed by atoms with van der Waals surface area (Å²) >= 11 is 0. The topological polar surface area (TPSA) is 138 Å². The van der Waals surface area contributed by atoms with Gasteiger partial charge in [0.1, 0.15) is 22.9 Å². The summed E-state index contributed by atoms with van der Waals surface area (Å²) in [6.07, 6.45) is 3.94. The van der Waals surface area contributed by atoms with Gasteiger partial charge < -0.3 is 19.3 Å². The second-order valence-electron chi connectivity index (χ2n) is 7.77. The number of nitrogens with one attached hydrogen (secondary N) is 1. The zero-order valence-electron chi connectivity index (χ0n) is 20.3. The maximum Gasteiger partial charge on any atom is 0.243 e. The minimum absolute atomic E-state index is 0. The maximum atomic E-state index is 12.9. The van der Waals surface area contributed by atoms with E-state index in [1.807, 2.05) is 0 Å². The van der Waals surface area contributed by atoms with Crippen LogP contribution in [0.4, 0.5) is 5.95 Å². The number of ether oxygens (including phenoxy) is 3. The first kappa shape index (κ1) is 26.2. The van der Waals surface area contributed by atoms with Gasteiger partial charge in [0.05, 0.1) is 27.1 Å². The molecule has 0 saturated heterocycles. The van der Waals surface area contributed by atoms with Gasteiger partial charge in [-0.1, -0.05) is 31.4 Å². The summed E-state index contributed by atoms with van der Waals surface area (Å²) in [7, 11) is 1.90. The molecule has 1 aliphatic carbocycles. The number of para-hydroxylation sites is 1. The molecular weight excluding hydrogens is 474 g/mol. The predicted molar refractivity (Wildman–Crippen MR) is 134 cm³/mol. The fourth-order valence-electron chi connectivity index (χ4n) is 3.73. The standard InChI is InChI=1S/C22H27N5O5S.CH4O.H2/c1-30-17-10-6-11-18(31-2)20(17)27-21(16-9-5-12-19(23-16)32-3)24-25-22(27)26-33(28,29)14-13-15-7-4-8-15;1-2;/h5-6,9-12,15H,4,7-8,13-14H2,1-3H3,(H,25,26);2H,1H3;1H. The van der Waals surface area contributed by atoms with Crippen LogP contribution in [0.2, 0.25) is 0 Å². The number of nitrogens with zero attached hydrogens (tertiary/aromatic N) is 4. The Morgan fingerprint density at radius 1 is 1.03 bits per heavy atom. The number of anilines is 1. The number of pyridine rings is 1. The normalized spacial score (nSPS) is 13.3. The number of hydrogen-bond acceptors (Lipinski definition) is 9. The van der Waals surface area contributed by atoms with E-state index in [-0.39, 0.29) is 13.1 Å². The molecule has 12 heteroatoms. The number of aliphatic hydroxyl groups is 1. The fraction of sp³-hybridized carbons (Fsp3) is 0.435. The van der Waals surface area contributed by atoms with Crippen LogP contribution in [0.3, 0.4) is 0 Å². The number of sulfonamides is 1. The van der Waals surface area contributed by atoms with Gasteiger partial charge in [0.2, 0.25) is 21.9 Å². The SMILES string of the molecule is CO.COc1cccc(-c2nnc(NS(=O)(=O)CCC3CCC3)n2-c2c(OC)cccc2OC)n1.[HH]. The van der Waals surface area contributed by atoms with Crippen molar-refractivity contribution in [3.63, 3.8) is 0 Å². The van der Waals surface area contributed by atoms with Gasteiger partial charge in [0, 0.05) is 14.6 Å². The van der Waals surface area contributed by atoms with Crippen LogP contribution in [0.15, 0.2) is 36.4 Å². The Bertz CT molecular complexity index is 1210. The first-order valence-electron chi connectivity index (χ1n) is 11.1. The average Bonchev–Trinajstić information content (AvgIpc) is 3.25. The third-order valence-electron chi connectivity index (χ3n) is 5.72. The van der Waals surface area contributed by atoms with Gasteiger partial charge in [-0.3, -0.25) is 9.29 Å². The van der Waals surface area contributed by atoms with E-state index in [1.165, 1.54) is 21.3 Å². The van der Waals surface area contributed by atoms with Crippen molar-refractivity contribution >= 4 is 16.0 Å². The first-order valence-corrected chi connectivity index (χ1v) is 12.7. The Hall–Kier alpha value is -3.38. The molecule has 0 unspecified atom stereocenters. The van der Waals surface area contributed by atoms with Crippen molar-refractivity contribution < 1.29 is 29.2 Å². The smallest absolute Gasteiger partial charge is 0.243 e. The first-order chi connectivity index (χ1) is 17.0. The number of hydrogen-bond donors (Lipinski definition) is 2. The Kier molecular flexibility index (Phi) is 8.88. The summed E-state index contributed by atoms with van der Waals surface area (Å²) in [4.78, 5) is 4.44. The third kappa shape index (κ3) is 6.01. The van der Waals surface area contributed by atoms with Crippen LogP contribution in [-0.2, 0) is 10.0 Å². The highest BCUT2D eigenvalue weighted by Crippen LogP contribution is 2.37. The molecule has 0 spiro atoms. The van der Waals surface area contributed by atoms with Crippen molar-refractivity contribution in [2.45, 2.75) is 25.7 Å². The molecule has 0 bridgehead atoms. The molecule has 2 aromatic heterocycles. The number of rotatable bonds is 10. The largest absolute Gasteiger partial charge is 0.494 e. The van der Waals surface area contributed by atoms with Gasteiger partial charge in [0.15, 0.2) is 5.82 Å². The van der Waals surface area contributed by atoms with E-state index in [0.29, 0.717) is 46.9 Å². The molecule has 35 heavy (non-hydrogen) atoms. The lowest BCUT2D eigenvalue weighted by Gasteiger charge is -2.25. The molecule has 0 amide bonds. The molecule has 1 saturated carbocycles. The molecule has 2 N–H and O–H groups in total. The minimum atomic E-state index is -3.66. The Morgan fingerprint density at radius 2 is 1.69 bits per heavy atom. The van der Waals surface area contributed by atoms with Gasteiger partial charge in [-0.05, 0) is 30.5 Å². The average molecular weight is 508 g/mol. The van der Waals surface area contributed by atoms with E-state index in [9.17, 15) is 8.42 Å². The van der Waals surface area contributed by atoms with E-state index >= 15 is 0 Å². The highest BCUT2D eigenvalue weighted by Gasteiger charge is 2.27. The quantitative estimate of drug-likeness (QED) is 0.424. The number of methoxy groups -OCH3 is 3. The van der Waals surface area contributed by atoms with Crippen LogP contribution >= 0.6 is 0 Å². The summed E-state index contributed by atoms with van der Waals surface area (Å²) < 4.78 is 46.3. The summed E-state index contributed by atoms with van der Waals surface area (Å²) in [5.74, 6) is 2.09. The predicted octanol–water partition coefficient (Wildman–Crippen LogP) is 3.14. The van der Waals surface area contributed by atoms with Crippen molar-refractivity contribution in [1.29, 1.82) is 0 Å².